The van der Waals surface area contributed by atoms with Crippen molar-refractivity contribution in [3.8, 4) is 0 Å². The standard InChI is InChI=1S/C15H11ClF3NS/c16-7-8-20-11-3-1-2-4-13(11)21-14-6-5-10(9-12(14)20)15(17,18)19/h1-6,9H,7-8H2. The Morgan fingerprint density at radius 2 is 1.71 bits per heavy atom. The number of hydrogen-bond donors (Lipinski definition) is 0. The van der Waals surface area contributed by atoms with Gasteiger partial charge in [-0.25, -0.2) is 0 Å². The third-order valence-corrected chi connectivity index (χ3v) is 4.56. The molecule has 0 fully saturated rings. The molecule has 3 rings (SSSR count). The fourth-order valence-corrected chi connectivity index (χ4v) is 3.58. The molecule has 1 aliphatic heterocycles. The van der Waals surface area contributed by atoms with Crippen LogP contribution in [0.4, 0.5) is 24.5 Å². The second kappa shape index (κ2) is 5.46. The average molecular weight is 330 g/mol. The third-order valence-electron chi connectivity index (χ3n) is 3.26. The van der Waals surface area contributed by atoms with Crippen LogP contribution in [-0.2, 0) is 6.18 Å². The van der Waals surface area contributed by atoms with E-state index in [0.717, 1.165) is 21.5 Å². The lowest BCUT2D eigenvalue weighted by molar-refractivity contribution is -0.137. The molecule has 0 spiro atoms. The summed E-state index contributed by atoms with van der Waals surface area (Å²) in [5.74, 6) is 0.342. The number of para-hydroxylation sites is 1. The molecule has 0 N–H and O–H groups in total. The molecule has 0 aromatic heterocycles. The minimum atomic E-state index is -4.34. The lowest BCUT2D eigenvalue weighted by Gasteiger charge is -2.32. The van der Waals surface area contributed by atoms with Crippen molar-refractivity contribution in [2.75, 3.05) is 17.3 Å². The maximum Gasteiger partial charge on any atom is 0.416 e. The van der Waals surface area contributed by atoms with Gasteiger partial charge in [0.1, 0.15) is 0 Å². The first-order chi connectivity index (χ1) is 10.0. The van der Waals surface area contributed by atoms with E-state index >= 15 is 0 Å². The van der Waals surface area contributed by atoms with Crippen LogP contribution in [0.5, 0.6) is 0 Å². The van der Waals surface area contributed by atoms with E-state index in [0.29, 0.717) is 18.1 Å². The molecule has 2 aromatic carbocycles. The van der Waals surface area contributed by atoms with Crippen molar-refractivity contribution in [3.63, 3.8) is 0 Å². The highest BCUT2D eigenvalue weighted by atomic mass is 35.5. The van der Waals surface area contributed by atoms with Crippen LogP contribution in [0.15, 0.2) is 52.3 Å². The van der Waals surface area contributed by atoms with Gasteiger partial charge in [-0.2, -0.15) is 13.2 Å². The maximum atomic E-state index is 12.9. The summed E-state index contributed by atoms with van der Waals surface area (Å²) in [6.45, 7) is 0.466. The zero-order valence-corrected chi connectivity index (χ0v) is 12.4. The van der Waals surface area contributed by atoms with Gasteiger partial charge in [-0.15, -0.1) is 11.6 Å². The van der Waals surface area contributed by atoms with E-state index in [1.807, 2.05) is 29.2 Å². The summed E-state index contributed by atoms with van der Waals surface area (Å²) in [6.07, 6.45) is -4.34. The predicted molar refractivity (Wildman–Crippen MR) is 79.7 cm³/mol. The minimum absolute atomic E-state index is 0.342. The van der Waals surface area contributed by atoms with E-state index in [1.54, 1.807) is 0 Å². The van der Waals surface area contributed by atoms with Crippen LogP contribution >= 0.6 is 23.4 Å². The number of benzene rings is 2. The molecule has 0 bridgehead atoms. The monoisotopic (exact) mass is 329 g/mol. The van der Waals surface area contributed by atoms with Crippen molar-refractivity contribution in [2.24, 2.45) is 0 Å². The zero-order valence-electron chi connectivity index (χ0n) is 10.8. The summed E-state index contributed by atoms with van der Waals surface area (Å²) in [4.78, 5) is 3.69. The molecule has 2 aromatic rings. The normalized spacial score (nSPS) is 13.8. The van der Waals surface area contributed by atoms with Crippen LogP contribution in [0.2, 0.25) is 0 Å². The van der Waals surface area contributed by atoms with Gasteiger partial charge in [-0.3, -0.25) is 0 Å². The highest BCUT2D eigenvalue weighted by Gasteiger charge is 2.33. The highest BCUT2D eigenvalue weighted by Crippen LogP contribution is 2.49. The van der Waals surface area contributed by atoms with E-state index in [4.69, 9.17) is 11.6 Å². The number of alkyl halides is 4. The van der Waals surface area contributed by atoms with Crippen molar-refractivity contribution < 1.29 is 13.2 Å². The molecule has 1 aliphatic rings. The van der Waals surface area contributed by atoms with E-state index < -0.39 is 11.7 Å². The first-order valence-electron chi connectivity index (χ1n) is 6.32. The van der Waals surface area contributed by atoms with Crippen LogP contribution in [0.3, 0.4) is 0 Å². The first-order valence-corrected chi connectivity index (χ1v) is 7.67. The minimum Gasteiger partial charge on any atom is -0.338 e. The van der Waals surface area contributed by atoms with Crippen molar-refractivity contribution in [3.05, 3.63) is 48.0 Å². The first kappa shape index (κ1) is 14.6. The van der Waals surface area contributed by atoms with E-state index in [-0.39, 0.29) is 0 Å². The van der Waals surface area contributed by atoms with Gasteiger partial charge >= 0.3 is 6.18 Å². The smallest absolute Gasteiger partial charge is 0.338 e. The maximum absolute atomic E-state index is 12.9. The summed E-state index contributed by atoms with van der Waals surface area (Å²) in [5.41, 5.74) is 0.824. The van der Waals surface area contributed by atoms with E-state index in [1.165, 1.54) is 23.9 Å². The molecular weight excluding hydrogens is 319 g/mol. The number of fused-ring (bicyclic) bond motifs is 2. The highest BCUT2D eigenvalue weighted by molar-refractivity contribution is 7.99. The molecule has 1 heterocycles. The summed E-state index contributed by atoms with van der Waals surface area (Å²) in [7, 11) is 0. The largest absolute Gasteiger partial charge is 0.416 e. The van der Waals surface area contributed by atoms with Crippen molar-refractivity contribution in [1.82, 2.24) is 0 Å². The van der Waals surface area contributed by atoms with Crippen LogP contribution in [0, 0.1) is 0 Å². The Hall–Kier alpha value is -1.33. The molecular formula is C15H11ClF3NS. The Morgan fingerprint density at radius 1 is 1.00 bits per heavy atom. The van der Waals surface area contributed by atoms with Gasteiger partial charge < -0.3 is 4.90 Å². The lowest BCUT2D eigenvalue weighted by Crippen LogP contribution is -2.23. The molecule has 21 heavy (non-hydrogen) atoms. The fourth-order valence-electron chi connectivity index (χ4n) is 2.33. The van der Waals surface area contributed by atoms with Gasteiger partial charge in [-0.05, 0) is 30.3 Å². The van der Waals surface area contributed by atoms with Gasteiger partial charge in [0.2, 0.25) is 0 Å². The Bertz CT molecular complexity index is 672. The molecule has 0 unspecified atom stereocenters. The van der Waals surface area contributed by atoms with Crippen molar-refractivity contribution in [1.29, 1.82) is 0 Å². The lowest BCUT2D eigenvalue weighted by atomic mass is 10.1. The summed E-state index contributed by atoms with van der Waals surface area (Å²) in [6, 6.07) is 11.5. The SMILES string of the molecule is FC(F)(F)c1ccc2c(c1)N(CCCl)c1ccccc1S2. The molecule has 0 saturated heterocycles. The third kappa shape index (κ3) is 2.72. The molecule has 0 amide bonds. The molecule has 0 radical (unpaired) electrons. The molecule has 0 saturated carbocycles. The Kier molecular flexibility index (Phi) is 3.80. The number of rotatable bonds is 2. The van der Waals surface area contributed by atoms with Crippen LogP contribution in [-0.4, -0.2) is 12.4 Å². The fraction of sp³-hybridized carbons (Fsp3) is 0.200. The Balaban J connectivity index is 2.12. The quantitative estimate of drug-likeness (QED) is 0.665. The molecule has 0 atom stereocenters. The topological polar surface area (TPSA) is 3.24 Å². The Morgan fingerprint density at radius 3 is 2.43 bits per heavy atom. The number of nitrogens with zero attached hydrogens (tertiary/aromatic N) is 1. The van der Waals surface area contributed by atoms with Gasteiger partial charge in [0.15, 0.2) is 0 Å². The van der Waals surface area contributed by atoms with Gasteiger partial charge in [0, 0.05) is 22.2 Å². The second-order valence-corrected chi connectivity index (χ2v) is 6.05. The predicted octanol–water partition coefficient (Wildman–Crippen LogP) is 5.55. The van der Waals surface area contributed by atoms with Crippen LogP contribution in [0.25, 0.3) is 0 Å². The van der Waals surface area contributed by atoms with E-state index in [9.17, 15) is 13.2 Å². The number of halogens is 4. The van der Waals surface area contributed by atoms with Crippen molar-refractivity contribution in [2.45, 2.75) is 16.0 Å². The number of anilines is 2. The molecule has 6 heteroatoms. The molecule has 1 nitrogen and oxygen atoms in total. The Labute approximate surface area is 129 Å². The number of hydrogen-bond acceptors (Lipinski definition) is 2. The average Bonchev–Trinajstić information content (AvgIpc) is 2.45. The summed E-state index contributed by atoms with van der Waals surface area (Å²) in [5, 5.41) is 0. The molecule has 0 aliphatic carbocycles. The van der Waals surface area contributed by atoms with Crippen LogP contribution < -0.4 is 4.90 Å². The van der Waals surface area contributed by atoms with Gasteiger partial charge in [-0.1, -0.05) is 23.9 Å². The van der Waals surface area contributed by atoms with Gasteiger partial charge in [0.05, 0.1) is 16.9 Å². The van der Waals surface area contributed by atoms with Crippen molar-refractivity contribution >= 4 is 34.7 Å². The zero-order chi connectivity index (χ0) is 15.0. The summed E-state index contributed by atoms with van der Waals surface area (Å²) < 4.78 is 38.7. The van der Waals surface area contributed by atoms with Crippen LogP contribution in [0.1, 0.15) is 5.56 Å². The van der Waals surface area contributed by atoms with Gasteiger partial charge in [0.25, 0.3) is 0 Å². The molecule has 110 valence electrons. The summed E-state index contributed by atoms with van der Waals surface area (Å²) >= 11 is 7.31. The second-order valence-electron chi connectivity index (χ2n) is 4.59. The van der Waals surface area contributed by atoms with E-state index in [2.05, 4.69) is 0 Å².